The number of ether oxygens (including phenoxy) is 1. The van der Waals surface area contributed by atoms with Gasteiger partial charge in [-0.25, -0.2) is 0 Å². The number of rotatable bonds is 9. The summed E-state index contributed by atoms with van der Waals surface area (Å²) in [6.07, 6.45) is -1.14. The molecule has 1 saturated carbocycles. The van der Waals surface area contributed by atoms with Crippen LogP contribution in [0.3, 0.4) is 0 Å². The second kappa shape index (κ2) is 11.6. The van der Waals surface area contributed by atoms with E-state index in [4.69, 9.17) is 27.9 Å². The quantitative estimate of drug-likeness (QED) is 0.408. The summed E-state index contributed by atoms with van der Waals surface area (Å²) in [4.78, 5) is 42.9. The SMILES string of the molecule is COCC(C)N(CC(=O)c1c(Cl)cncc1Cl)C(=O)c1cnn([C@H]2CC[C@](C)(C(=O)O)CC2)c1C(F)(F)F. The van der Waals surface area contributed by atoms with Crippen molar-refractivity contribution in [3.8, 4) is 0 Å². The van der Waals surface area contributed by atoms with E-state index in [0.717, 1.165) is 15.8 Å². The molecular formula is C24H27Cl2F3N4O5. The van der Waals surface area contributed by atoms with Crippen LogP contribution in [-0.2, 0) is 15.7 Å². The average Bonchev–Trinajstić information content (AvgIpc) is 3.28. The first-order valence-electron chi connectivity index (χ1n) is 11.7. The van der Waals surface area contributed by atoms with Crippen molar-refractivity contribution >= 4 is 40.9 Å². The lowest BCUT2D eigenvalue weighted by Crippen LogP contribution is -2.45. The number of halogens is 5. The van der Waals surface area contributed by atoms with Gasteiger partial charge in [0, 0.05) is 19.5 Å². The number of hydrogen-bond donors (Lipinski definition) is 1. The Morgan fingerprint density at radius 2 is 1.79 bits per heavy atom. The minimum atomic E-state index is -4.95. The summed E-state index contributed by atoms with van der Waals surface area (Å²) in [6, 6.07) is -1.55. The topological polar surface area (TPSA) is 115 Å². The van der Waals surface area contributed by atoms with Gasteiger partial charge in [0.15, 0.2) is 11.5 Å². The van der Waals surface area contributed by atoms with Crippen LogP contribution in [0.4, 0.5) is 13.2 Å². The first-order valence-corrected chi connectivity index (χ1v) is 12.5. The third-order valence-electron chi connectivity index (χ3n) is 6.86. The Morgan fingerprint density at radius 1 is 1.21 bits per heavy atom. The first kappa shape index (κ1) is 29.9. The molecule has 38 heavy (non-hydrogen) atoms. The van der Waals surface area contributed by atoms with E-state index in [1.807, 2.05) is 0 Å². The molecule has 0 aromatic carbocycles. The number of carbonyl (C=O) groups is 3. The van der Waals surface area contributed by atoms with Gasteiger partial charge < -0.3 is 14.7 Å². The smallest absolute Gasteiger partial charge is 0.433 e. The summed E-state index contributed by atoms with van der Waals surface area (Å²) in [5.74, 6) is -2.78. The molecular weight excluding hydrogens is 552 g/mol. The third-order valence-corrected chi connectivity index (χ3v) is 7.44. The van der Waals surface area contributed by atoms with E-state index in [1.165, 1.54) is 26.4 Å². The van der Waals surface area contributed by atoms with Crippen LogP contribution in [0.5, 0.6) is 0 Å². The molecule has 1 N–H and O–H groups in total. The van der Waals surface area contributed by atoms with Crippen molar-refractivity contribution in [2.75, 3.05) is 20.3 Å². The number of Topliss-reactive ketones (excluding diaryl/α,β-unsaturated/α-hetero) is 1. The number of carboxylic acid groups (broad SMARTS) is 1. The van der Waals surface area contributed by atoms with Crippen molar-refractivity contribution in [2.24, 2.45) is 5.41 Å². The van der Waals surface area contributed by atoms with E-state index in [0.29, 0.717) is 0 Å². The van der Waals surface area contributed by atoms with Crippen molar-refractivity contribution in [2.45, 2.75) is 57.8 Å². The van der Waals surface area contributed by atoms with E-state index in [-0.39, 0.29) is 47.9 Å². The Labute approximate surface area is 226 Å². The number of alkyl halides is 3. The average molecular weight is 579 g/mol. The number of hydrogen-bond acceptors (Lipinski definition) is 6. The van der Waals surface area contributed by atoms with Gasteiger partial charge in [-0.1, -0.05) is 23.2 Å². The lowest BCUT2D eigenvalue weighted by Gasteiger charge is -2.34. The molecule has 208 valence electrons. The van der Waals surface area contributed by atoms with Gasteiger partial charge in [0.05, 0.1) is 58.0 Å². The van der Waals surface area contributed by atoms with Gasteiger partial charge in [-0.3, -0.25) is 24.0 Å². The van der Waals surface area contributed by atoms with E-state index in [9.17, 15) is 32.7 Å². The van der Waals surface area contributed by atoms with E-state index in [2.05, 4.69) is 10.1 Å². The van der Waals surface area contributed by atoms with Crippen LogP contribution >= 0.6 is 23.2 Å². The molecule has 2 aromatic rings. The van der Waals surface area contributed by atoms with Crippen molar-refractivity contribution in [1.29, 1.82) is 0 Å². The van der Waals surface area contributed by atoms with Gasteiger partial charge in [0.25, 0.3) is 5.91 Å². The molecule has 14 heteroatoms. The fourth-order valence-electron chi connectivity index (χ4n) is 4.60. The van der Waals surface area contributed by atoms with Gasteiger partial charge in [0.1, 0.15) is 0 Å². The summed E-state index contributed by atoms with van der Waals surface area (Å²) >= 11 is 12.1. The number of aromatic nitrogens is 3. The monoisotopic (exact) mass is 578 g/mol. The lowest BCUT2D eigenvalue weighted by atomic mass is 9.74. The molecule has 0 spiro atoms. The standard InChI is InChI=1S/C24H27Cl2F3N4O5/c1-13(12-38-3)32(11-18(34)19-16(25)9-30-10-17(19)26)21(35)15-8-31-33(20(15)24(27,28)29)14-4-6-23(2,7-5-14)22(36)37/h8-10,13-14H,4-7,11-12H2,1-3H3,(H,36,37)/t13?,14-,23-. The van der Waals surface area contributed by atoms with Crippen LogP contribution in [-0.4, -0.2) is 68.7 Å². The molecule has 1 fully saturated rings. The summed E-state index contributed by atoms with van der Waals surface area (Å²) in [6.45, 7) is 2.38. The number of amides is 1. The lowest BCUT2D eigenvalue weighted by molar-refractivity contribution is -0.152. The van der Waals surface area contributed by atoms with E-state index >= 15 is 0 Å². The zero-order valence-electron chi connectivity index (χ0n) is 20.9. The van der Waals surface area contributed by atoms with Gasteiger partial charge in [-0.2, -0.15) is 18.3 Å². The number of ketones is 1. The normalized spacial score (nSPS) is 20.7. The van der Waals surface area contributed by atoms with E-state index < -0.39 is 59.1 Å². The second-order valence-corrected chi connectivity index (χ2v) is 10.4. The maximum Gasteiger partial charge on any atom is 0.433 e. The fraction of sp³-hybridized carbons (Fsp3) is 0.542. The Kier molecular flexibility index (Phi) is 9.10. The summed E-state index contributed by atoms with van der Waals surface area (Å²) in [5, 5.41) is 13.2. The highest BCUT2D eigenvalue weighted by molar-refractivity contribution is 6.39. The molecule has 2 aromatic heterocycles. The zero-order chi connectivity index (χ0) is 28.4. The number of methoxy groups -OCH3 is 1. The van der Waals surface area contributed by atoms with Gasteiger partial charge in [-0.05, 0) is 39.5 Å². The predicted octanol–water partition coefficient (Wildman–Crippen LogP) is 5.17. The number of aliphatic carboxylic acids is 1. The summed E-state index contributed by atoms with van der Waals surface area (Å²) in [7, 11) is 1.35. The minimum absolute atomic E-state index is 0.0660. The number of nitrogens with zero attached hydrogens (tertiary/aromatic N) is 4. The Hall–Kier alpha value is -2.70. The van der Waals surface area contributed by atoms with Crippen molar-refractivity contribution in [3.63, 3.8) is 0 Å². The fourth-order valence-corrected chi connectivity index (χ4v) is 5.18. The molecule has 0 aliphatic heterocycles. The van der Waals surface area contributed by atoms with Crippen LogP contribution in [0, 0.1) is 5.41 Å². The molecule has 1 aliphatic carbocycles. The van der Waals surface area contributed by atoms with Crippen LogP contribution in [0.2, 0.25) is 10.0 Å². The second-order valence-electron chi connectivity index (χ2n) is 9.58. The highest BCUT2D eigenvalue weighted by Crippen LogP contribution is 2.43. The molecule has 0 saturated heterocycles. The maximum atomic E-state index is 14.3. The number of pyridine rings is 1. The molecule has 0 radical (unpaired) electrons. The summed E-state index contributed by atoms with van der Waals surface area (Å²) < 4.78 is 48.8. The summed E-state index contributed by atoms with van der Waals surface area (Å²) in [5.41, 5.74) is -3.13. The van der Waals surface area contributed by atoms with Crippen LogP contribution in [0.1, 0.15) is 72.0 Å². The van der Waals surface area contributed by atoms with Crippen LogP contribution in [0.25, 0.3) is 0 Å². The van der Waals surface area contributed by atoms with Gasteiger partial charge in [0.2, 0.25) is 0 Å². The molecule has 1 unspecified atom stereocenters. The maximum absolute atomic E-state index is 14.3. The number of carboxylic acids is 1. The highest BCUT2D eigenvalue weighted by Gasteiger charge is 2.45. The van der Waals surface area contributed by atoms with Gasteiger partial charge in [-0.15, -0.1) is 0 Å². The number of carbonyl (C=O) groups excluding carboxylic acids is 2. The zero-order valence-corrected chi connectivity index (χ0v) is 22.4. The van der Waals surface area contributed by atoms with Crippen molar-refractivity contribution in [3.05, 3.63) is 45.5 Å². The first-order chi connectivity index (χ1) is 17.7. The minimum Gasteiger partial charge on any atom is -0.481 e. The van der Waals surface area contributed by atoms with Crippen LogP contribution in [0.15, 0.2) is 18.6 Å². The van der Waals surface area contributed by atoms with Crippen molar-refractivity contribution in [1.82, 2.24) is 19.7 Å². The van der Waals surface area contributed by atoms with Crippen molar-refractivity contribution < 1.29 is 37.4 Å². The van der Waals surface area contributed by atoms with Gasteiger partial charge >= 0.3 is 12.1 Å². The third kappa shape index (κ3) is 6.13. The Morgan fingerprint density at radius 3 is 2.29 bits per heavy atom. The van der Waals surface area contributed by atoms with E-state index in [1.54, 1.807) is 6.92 Å². The molecule has 2 heterocycles. The molecule has 1 aliphatic rings. The molecule has 0 bridgehead atoms. The molecule has 3 rings (SSSR count). The molecule has 1 atom stereocenters. The Balaban J connectivity index is 1.98. The Bertz CT molecular complexity index is 1190. The van der Waals surface area contributed by atoms with Crippen LogP contribution < -0.4 is 0 Å². The highest BCUT2D eigenvalue weighted by atomic mass is 35.5. The molecule has 9 nitrogen and oxygen atoms in total. The molecule has 1 amide bonds. The predicted molar refractivity (Wildman–Crippen MR) is 131 cm³/mol. The largest absolute Gasteiger partial charge is 0.481 e.